The number of benzene rings is 1. The summed E-state index contributed by atoms with van der Waals surface area (Å²) >= 11 is 0. The molecule has 4 atom stereocenters. The van der Waals surface area contributed by atoms with Crippen LogP contribution in [0.5, 0.6) is 0 Å². The molecule has 1 fully saturated rings. The number of hydrogen-bond acceptors (Lipinski definition) is 13. The normalized spacial score (nSPS) is 19.9. The summed E-state index contributed by atoms with van der Waals surface area (Å²) in [5.74, 6) is -3.42. The van der Waals surface area contributed by atoms with Crippen molar-refractivity contribution < 1.29 is 55.4 Å². The standard InChI is InChI=1S/C33H54N2O12P2/c1-7-28-29(32(37)34-21-15-16-23-46-48(39,42-8-2)43-9-3)30(31(26(6)36)35(28)25-27-19-13-12-14-20-27)33(38)41-22-17-18-24-47-49(40,44-10-4)45-11-5/h7,12-14,19-20,28-31H,1,8-11,15-18,21-25H2,2-6H3,(H,34,37)/t28-,29?,30?,31+/m1/s1. The number of amides is 1. The Morgan fingerprint density at radius 2 is 1.29 bits per heavy atom. The number of rotatable bonds is 26. The molecule has 278 valence electrons. The molecule has 49 heavy (non-hydrogen) atoms. The van der Waals surface area contributed by atoms with E-state index in [1.165, 1.54) is 6.92 Å². The highest BCUT2D eigenvalue weighted by molar-refractivity contribution is 7.48. The van der Waals surface area contributed by atoms with Crippen LogP contribution < -0.4 is 5.32 Å². The van der Waals surface area contributed by atoms with E-state index in [2.05, 4.69) is 11.9 Å². The lowest BCUT2D eigenvalue weighted by Gasteiger charge is -2.28. The number of carbonyl (C=O) groups excluding carboxylic acids is 3. The highest BCUT2D eigenvalue weighted by Crippen LogP contribution is 2.50. The number of phosphoric ester groups is 2. The van der Waals surface area contributed by atoms with Gasteiger partial charge in [-0.2, -0.15) is 0 Å². The molecular weight excluding hydrogens is 678 g/mol. The van der Waals surface area contributed by atoms with Crippen LogP contribution in [0, 0.1) is 11.8 Å². The van der Waals surface area contributed by atoms with E-state index in [4.69, 9.17) is 31.9 Å². The Balaban J connectivity index is 2.12. The maximum atomic E-state index is 13.8. The van der Waals surface area contributed by atoms with Gasteiger partial charge in [-0.3, -0.25) is 46.4 Å². The van der Waals surface area contributed by atoms with Gasteiger partial charge in [-0.25, -0.2) is 9.13 Å². The molecule has 0 radical (unpaired) electrons. The van der Waals surface area contributed by atoms with Gasteiger partial charge in [0.05, 0.1) is 64.1 Å². The van der Waals surface area contributed by atoms with Crippen LogP contribution in [0.4, 0.5) is 0 Å². The third-order valence-corrected chi connectivity index (χ3v) is 10.9. The first-order chi connectivity index (χ1) is 23.5. The number of unbranched alkanes of at least 4 members (excludes halogenated alkanes) is 2. The number of phosphoric acid groups is 2. The Morgan fingerprint density at radius 1 is 0.776 bits per heavy atom. The molecule has 0 bridgehead atoms. The average Bonchev–Trinajstić information content (AvgIpc) is 3.39. The van der Waals surface area contributed by atoms with Crippen molar-refractivity contribution in [3.05, 3.63) is 48.6 Å². The van der Waals surface area contributed by atoms with Crippen LogP contribution >= 0.6 is 15.6 Å². The SMILES string of the molecule is C=C[C@@H]1C(C(=O)NCCCCOP(=O)(OCC)OCC)C(C(=O)OCCCCOP(=O)(OCC)OCC)[C@H](C(C)=O)N1Cc1ccccc1. The van der Waals surface area contributed by atoms with Crippen molar-refractivity contribution in [2.75, 3.05) is 52.8 Å². The van der Waals surface area contributed by atoms with E-state index < -0.39 is 51.4 Å². The van der Waals surface area contributed by atoms with Crippen LogP contribution in [-0.2, 0) is 61.9 Å². The molecule has 0 saturated carbocycles. The van der Waals surface area contributed by atoms with Crippen molar-refractivity contribution in [1.82, 2.24) is 10.2 Å². The Bertz CT molecular complexity index is 1250. The van der Waals surface area contributed by atoms with Gasteiger partial charge >= 0.3 is 21.6 Å². The lowest BCUT2D eigenvalue weighted by molar-refractivity contribution is -0.154. The predicted molar refractivity (Wildman–Crippen MR) is 183 cm³/mol. The van der Waals surface area contributed by atoms with E-state index in [-0.39, 0.29) is 58.6 Å². The number of nitrogens with zero attached hydrogens (tertiary/aromatic N) is 1. The highest BCUT2D eigenvalue weighted by Gasteiger charge is 2.56. The molecule has 1 saturated heterocycles. The molecule has 0 spiro atoms. The van der Waals surface area contributed by atoms with Gasteiger partial charge in [-0.15, -0.1) is 6.58 Å². The Hall–Kier alpha value is -2.25. The van der Waals surface area contributed by atoms with Gasteiger partial charge in [0.15, 0.2) is 0 Å². The molecule has 2 rings (SSSR count). The van der Waals surface area contributed by atoms with E-state index in [0.717, 1.165) is 5.56 Å². The second kappa shape index (κ2) is 22.5. The third-order valence-electron chi connectivity index (χ3n) is 7.58. The zero-order chi connectivity index (χ0) is 36.3. The van der Waals surface area contributed by atoms with Crippen molar-refractivity contribution in [2.24, 2.45) is 11.8 Å². The largest absolute Gasteiger partial charge is 0.474 e. The molecule has 1 amide bonds. The minimum absolute atomic E-state index is 0.00395. The molecule has 16 heteroatoms. The van der Waals surface area contributed by atoms with E-state index in [1.807, 2.05) is 35.2 Å². The number of hydrogen-bond donors (Lipinski definition) is 1. The zero-order valence-corrected chi connectivity index (χ0v) is 31.2. The van der Waals surface area contributed by atoms with E-state index in [0.29, 0.717) is 32.2 Å². The second-order valence-electron chi connectivity index (χ2n) is 11.1. The summed E-state index contributed by atoms with van der Waals surface area (Å²) in [6.45, 7) is 13.5. The van der Waals surface area contributed by atoms with Gasteiger partial charge in [-0.1, -0.05) is 36.4 Å². The molecule has 1 N–H and O–H groups in total. The fraction of sp³-hybridized carbons (Fsp3) is 0.667. The second-order valence-corrected chi connectivity index (χ2v) is 14.4. The molecular formula is C33H54N2O12P2. The molecule has 1 heterocycles. The van der Waals surface area contributed by atoms with Crippen LogP contribution in [0.2, 0.25) is 0 Å². The summed E-state index contributed by atoms with van der Waals surface area (Å²) < 4.78 is 61.8. The lowest BCUT2D eigenvalue weighted by atomic mass is 9.85. The van der Waals surface area contributed by atoms with Gasteiger partial charge < -0.3 is 10.1 Å². The van der Waals surface area contributed by atoms with Gasteiger partial charge in [0.1, 0.15) is 5.78 Å². The van der Waals surface area contributed by atoms with Crippen molar-refractivity contribution in [2.45, 2.75) is 78.9 Å². The van der Waals surface area contributed by atoms with Crippen LogP contribution in [0.25, 0.3) is 0 Å². The molecule has 0 aliphatic carbocycles. The van der Waals surface area contributed by atoms with E-state index in [9.17, 15) is 23.5 Å². The molecule has 0 aromatic heterocycles. The topological polar surface area (TPSA) is 165 Å². The first-order valence-corrected chi connectivity index (χ1v) is 19.9. The maximum absolute atomic E-state index is 13.8. The number of carbonyl (C=O) groups is 3. The lowest BCUT2D eigenvalue weighted by Crippen LogP contribution is -2.43. The first kappa shape index (κ1) is 42.9. The number of nitrogens with one attached hydrogen (secondary N) is 1. The number of ether oxygens (including phenoxy) is 1. The van der Waals surface area contributed by atoms with Gasteiger partial charge in [0, 0.05) is 19.1 Å². The zero-order valence-electron chi connectivity index (χ0n) is 29.4. The third kappa shape index (κ3) is 13.8. The molecule has 14 nitrogen and oxygen atoms in total. The highest BCUT2D eigenvalue weighted by atomic mass is 31.2. The van der Waals surface area contributed by atoms with E-state index >= 15 is 0 Å². The summed E-state index contributed by atoms with van der Waals surface area (Å²) in [7, 11) is -7.29. The summed E-state index contributed by atoms with van der Waals surface area (Å²) in [5.41, 5.74) is 0.904. The van der Waals surface area contributed by atoms with E-state index in [1.54, 1.807) is 33.8 Å². The van der Waals surface area contributed by atoms with Crippen molar-refractivity contribution in [3.63, 3.8) is 0 Å². The van der Waals surface area contributed by atoms with Crippen LogP contribution in [0.3, 0.4) is 0 Å². The quantitative estimate of drug-likeness (QED) is 0.0522. The van der Waals surface area contributed by atoms with Gasteiger partial charge in [0.25, 0.3) is 0 Å². The minimum Gasteiger partial charge on any atom is -0.465 e. The monoisotopic (exact) mass is 732 g/mol. The number of esters is 1. The van der Waals surface area contributed by atoms with Crippen molar-refractivity contribution in [1.29, 1.82) is 0 Å². The summed E-state index contributed by atoms with van der Waals surface area (Å²) in [4.78, 5) is 42.5. The Kier molecular flexibility index (Phi) is 19.7. The molecule has 1 aromatic carbocycles. The van der Waals surface area contributed by atoms with Crippen LogP contribution in [-0.4, -0.2) is 87.4 Å². The predicted octanol–water partition coefficient (Wildman–Crippen LogP) is 5.86. The average molecular weight is 733 g/mol. The van der Waals surface area contributed by atoms with Gasteiger partial charge in [0.2, 0.25) is 5.91 Å². The fourth-order valence-electron chi connectivity index (χ4n) is 5.61. The summed E-state index contributed by atoms with van der Waals surface area (Å²) in [6.07, 6.45) is 3.30. The smallest absolute Gasteiger partial charge is 0.465 e. The van der Waals surface area contributed by atoms with Gasteiger partial charge in [-0.05, 0) is 65.9 Å². The van der Waals surface area contributed by atoms with Crippen molar-refractivity contribution >= 4 is 33.3 Å². The molecule has 2 unspecified atom stereocenters. The van der Waals surface area contributed by atoms with Crippen LogP contribution in [0.15, 0.2) is 43.0 Å². The van der Waals surface area contributed by atoms with Crippen molar-refractivity contribution in [3.8, 4) is 0 Å². The fourth-order valence-corrected chi connectivity index (χ4v) is 8.02. The number of likely N-dealkylation sites (tertiary alicyclic amines) is 1. The molecule has 1 aliphatic rings. The summed E-state index contributed by atoms with van der Waals surface area (Å²) in [5, 5.41) is 2.90. The summed E-state index contributed by atoms with van der Waals surface area (Å²) in [6, 6.07) is 7.89. The van der Waals surface area contributed by atoms with Crippen LogP contribution in [0.1, 0.15) is 65.9 Å². The number of ketones is 1. The number of Topliss-reactive ketones (excluding diaryl/α,β-unsaturated/α-hetero) is 1. The molecule has 1 aliphatic heterocycles. The first-order valence-electron chi connectivity index (χ1n) is 16.9. The molecule has 1 aromatic rings. The maximum Gasteiger partial charge on any atom is 0.474 e. The Morgan fingerprint density at radius 3 is 1.78 bits per heavy atom. The minimum atomic E-state index is -3.65. The Labute approximate surface area is 290 Å².